The van der Waals surface area contributed by atoms with Crippen LogP contribution >= 0.6 is 0 Å². The average molecular weight is 267 g/mol. The molecule has 0 radical (unpaired) electrons. The topological polar surface area (TPSA) is 6.48 Å². The highest BCUT2D eigenvalue weighted by Crippen LogP contribution is 2.43. The number of hydrogen-bond acceptors (Lipinski definition) is 2. The van der Waals surface area contributed by atoms with Crippen LogP contribution in [-0.4, -0.2) is 17.6 Å². The van der Waals surface area contributed by atoms with E-state index in [0.717, 1.165) is 16.8 Å². The molecule has 0 amide bonds. The van der Waals surface area contributed by atoms with Crippen LogP contribution in [0.15, 0.2) is 48.5 Å². The molecular formula is C18H20N2. The van der Waals surface area contributed by atoms with Crippen molar-refractivity contribution in [2.24, 2.45) is 0 Å². The highest BCUT2D eigenvalue weighted by molar-refractivity contribution is 5.56. The molecule has 2 aliphatic rings. The summed E-state index contributed by atoms with van der Waals surface area (Å²) in [7, 11) is 0. The molecule has 2 heteroatoms. The van der Waals surface area contributed by atoms with Crippen LogP contribution in [-0.2, 0) is 6.50 Å². The van der Waals surface area contributed by atoms with Crippen LogP contribution in [0.5, 0.6) is 0 Å². The minimum atomic E-state index is -1.61. The van der Waals surface area contributed by atoms with Crippen LogP contribution in [0.3, 0.4) is 0 Å². The monoisotopic (exact) mass is 267 g/mol. The first-order chi connectivity index (χ1) is 10.9. The van der Waals surface area contributed by atoms with Crippen LogP contribution in [0.25, 0.3) is 0 Å². The first-order valence-electron chi connectivity index (χ1n) is 8.66. The van der Waals surface area contributed by atoms with Gasteiger partial charge in [-0.3, -0.25) is 4.90 Å². The Morgan fingerprint density at radius 1 is 1.10 bits per heavy atom. The molecule has 102 valence electrons. The number of para-hydroxylation sites is 1. The van der Waals surface area contributed by atoms with Crippen LogP contribution in [0.2, 0.25) is 0 Å². The molecule has 2 aromatic carbocycles. The first kappa shape index (κ1) is 9.19. The minimum absolute atomic E-state index is 0.0392. The van der Waals surface area contributed by atoms with E-state index in [2.05, 4.69) is 6.92 Å². The highest BCUT2D eigenvalue weighted by atomic mass is 15.4. The molecule has 2 nitrogen and oxygen atoms in total. The summed E-state index contributed by atoms with van der Waals surface area (Å²) in [6.45, 7) is 1.79. The van der Waals surface area contributed by atoms with E-state index in [0.29, 0.717) is 5.56 Å². The van der Waals surface area contributed by atoms with Crippen molar-refractivity contribution in [3.8, 4) is 0 Å². The second kappa shape index (κ2) is 4.35. The molecule has 0 spiro atoms. The van der Waals surface area contributed by atoms with E-state index in [9.17, 15) is 0 Å². The predicted molar refractivity (Wildman–Crippen MR) is 82.7 cm³/mol. The van der Waals surface area contributed by atoms with Gasteiger partial charge in [-0.15, -0.1) is 0 Å². The third kappa shape index (κ3) is 1.61. The van der Waals surface area contributed by atoms with Gasteiger partial charge in [0.15, 0.2) is 0 Å². The molecule has 4 rings (SSSR count). The van der Waals surface area contributed by atoms with E-state index in [1.54, 1.807) is 4.90 Å². The molecule has 0 N–H and O–H groups in total. The number of rotatable bonds is 1. The van der Waals surface area contributed by atoms with Crippen LogP contribution in [0, 0.1) is 6.92 Å². The van der Waals surface area contributed by atoms with Crippen molar-refractivity contribution in [3.05, 3.63) is 65.2 Å². The standard InChI is InChI=1S/C18H20N2/c1-13-7-3-6-10-17(13)20-12-19-11-15-8-4-5-9-16(15)18(19)14(20)2/h3-10,14,18H,11-12H2,1-2H3/t14-,18?/m0/s1/i11D2,12D/t12?,14-,18?. The summed E-state index contributed by atoms with van der Waals surface area (Å²) in [6.07, 6.45) is 0. The van der Waals surface area contributed by atoms with Gasteiger partial charge in [-0.2, -0.15) is 0 Å². The van der Waals surface area contributed by atoms with Gasteiger partial charge >= 0.3 is 0 Å². The number of fused-ring (bicyclic) bond motifs is 3. The first-order valence-corrected chi connectivity index (χ1v) is 7.08. The third-order valence-electron chi connectivity index (χ3n) is 4.37. The van der Waals surface area contributed by atoms with Gasteiger partial charge in [0.25, 0.3) is 0 Å². The van der Waals surface area contributed by atoms with Crippen LogP contribution < -0.4 is 4.90 Å². The molecule has 0 saturated carbocycles. The minimum Gasteiger partial charge on any atom is -0.354 e. The van der Waals surface area contributed by atoms with E-state index in [4.69, 9.17) is 4.11 Å². The Balaban J connectivity index is 1.85. The van der Waals surface area contributed by atoms with Gasteiger partial charge in [0.2, 0.25) is 0 Å². The summed E-state index contributed by atoms with van der Waals surface area (Å²) in [5.74, 6) is 0. The van der Waals surface area contributed by atoms with E-state index >= 15 is 0 Å². The normalized spacial score (nSPS) is 33.2. The smallest absolute Gasteiger partial charge is 0.0719 e. The molecule has 2 aromatic rings. The largest absolute Gasteiger partial charge is 0.354 e. The second-order valence-corrected chi connectivity index (χ2v) is 5.60. The van der Waals surface area contributed by atoms with Crippen molar-refractivity contribution in [1.29, 1.82) is 0 Å². The Kier molecular flexibility index (Phi) is 2.00. The van der Waals surface area contributed by atoms with Crippen molar-refractivity contribution in [1.82, 2.24) is 4.90 Å². The lowest BCUT2D eigenvalue weighted by atomic mass is 9.99. The van der Waals surface area contributed by atoms with Crippen LogP contribution in [0.1, 0.15) is 33.8 Å². The SMILES string of the molecule is [2H]C1N(c2ccccc2C)[C@@H](C)C2c3ccccc3C([2H])([2H])N21. The fourth-order valence-corrected chi connectivity index (χ4v) is 3.33. The summed E-state index contributed by atoms with van der Waals surface area (Å²) < 4.78 is 25.9. The molecule has 2 heterocycles. The van der Waals surface area contributed by atoms with Crippen LogP contribution in [0.4, 0.5) is 5.69 Å². The van der Waals surface area contributed by atoms with Crippen molar-refractivity contribution < 1.29 is 4.11 Å². The lowest BCUT2D eigenvalue weighted by Crippen LogP contribution is -2.30. The number of benzene rings is 2. The van der Waals surface area contributed by atoms with Gasteiger partial charge in [-0.05, 0) is 36.6 Å². The van der Waals surface area contributed by atoms with Gasteiger partial charge in [0.05, 0.1) is 14.1 Å². The van der Waals surface area contributed by atoms with Gasteiger partial charge in [0, 0.05) is 21.0 Å². The number of hydrogen-bond donors (Lipinski definition) is 0. The Labute approximate surface area is 124 Å². The zero-order valence-electron chi connectivity index (χ0n) is 14.7. The number of anilines is 1. The molecule has 1 saturated heterocycles. The number of nitrogens with zero attached hydrogens (tertiary/aromatic N) is 2. The summed E-state index contributed by atoms with van der Waals surface area (Å²) in [5, 5.41) is 0. The van der Waals surface area contributed by atoms with E-state index in [1.165, 1.54) is 0 Å². The van der Waals surface area contributed by atoms with E-state index in [1.807, 2.05) is 60.4 Å². The van der Waals surface area contributed by atoms with E-state index < -0.39 is 13.1 Å². The average Bonchev–Trinajstić information content (AvgIpc) is 2.93. The van der Waals surface area contributed by atoms with Crippen molar-refractivity contribution in [2.45, 2.75) is 32.4 Å². The van der Waals surface area contributed by atoms with E-state index in [-0.39, 0.29) is 12.1 Å². The maximum atomic E-state index is 8.72. The maximum Gasteiger partial charge on any atom is 0.0719 e. The molecule has 0 aromatic heterocycles. The molecule has 20 heavy (non-hydrogen) atoms. The quantitative estimate of drug-likeness (QED) is 0.777. The van der Waals surface area contributed by atoms with Crippen molar-refractivity contribution >= 4 is 5.69 Å². The zero-order chi connectivity index (χ0) is 16.4. The fourth-order valence-electron chi connectivity index (χ4n) is 3.33. The maximum absolute atomic E-state index is 8.72. The lowest BCUT2D eigenvalue weighted by Gasteiger charge is -2.27. The third-order valence-corrected chi connectivity index (χ3v) is 4.37. The van der Waals surface area contributed by atoms with Gasteiger partial charge in [-0.25, -0.2) is 0 Å². The Morgan fingerprint density at radius 2 is 1.85 bits per heavy atom. The lowest BCUT2D eigenvalue weighted by molar-refractivity contribution is 0.273. The molecule has 0 bridgehead atoms. The Hall–Kier alpha value is -1.80. The molecule has 1 fully saturated rings. The molecule has 2 unspecified atom stereocenters. The van der Waals surface area contributed by atoms with Crippen molar-refractivity contribution in [3.63, 3.8) is 0 Å². The highest BCUT2D eigenvalue weighted by Gasteiger charge is 2.43. The van der Waals surface area contributed by atoms with Gasteiger partial charge < -0.3 is 4.90 Å². The summed E-state index contributed by atoms with van der Waals surface area (Å²) in [4.78, 5) is 3.74. The molecule has 0 aliphatic carbocycles. The Bertz CT molecular complexity index is 761. The Morgan fingerprint density at radius 3 is 2.70 bits per heavy atom. The second-order valence-electron chi connectivity index (χ2n) is 5.60. The molecule has 2 aliphatic heterocycles. The number of aryl methyl sites for hydroxylation is 1. The van der Waals surface area contributed by atoms with Gasteiger partial charge in [-0.1, -0.05) is 42.5 Å². The zero-order valence-corrected chi connectivity index (χ0v) is 11.7. The summed E-state index contributed by atoms with van der Waals surface area (Å²) in [5.41, 5.74) is 3.85. The van der Waals surface area contributed by atoms with Gasteiger partial charge in [0.1, 0.15) is 0 Å². The summed E-state index contributed by atoms with van der Waals surface area (Å²) in [6, 6.07) is 15.7. The summed E-state index contributed by atoms with van der Waals surface area (Å²) >= 11 is 0. The fraction of sp³-hybridized carbons (Fsp3) is 0.333. The van der Waals surface area contributed by atoms with Crippen molar-refractivity contribution in [2.75, 3.05) is 11.5 Å². The molecular weight excluding hydrogens is 244 g/mol. The predicted octanol–water partition coefficient (Wildman–Crippen LogP) is 3.72. The molecule has 3 atom stereocenters.